The van der Waals surface area contributed by atoms with Crippen LogP contribution in [0.3, 0.4) is 0 Å². The Morgan fingerprint density at radius 3 is 3.00 bits per heavy atom. The number of carbonyl (C=O) groups excluding carboxylic acids is 1. The van der Waals surface area contributed by atoms with E-state index < -0.39 is 6.10 Å². The van der Waals surface area contributed by atoms with Crippen LogP contribution in [0, 0.1) is 0 Å². The van der Waals surface area contributed by atoms with Crippen LogP contribution in [0.5, 0.6) is 0 Å². The standard InChI is InChI=1S/C11H18N2O2S/c1-3-13(2)11(15)8-12-7-9(14)10-5-4-6-16-10/h4-6,9,12,14H,3,7-8H2,1-2H3. The van der Waals surface area contributed by atoms with Crippen molar-refractivity contribution in [2.75, 3.05) is 26.7 Å². The molecule has 2 N–H and O–H groups in total. The van der Waals surface area contributed by atoms with E-state index in [2.05, 4.69) is 5.32 Å². The predicted octanol–water partition coefficient (Wildman–Crippen LogP) is 0.849. The smallest absolute Gasteiger partial charge is 0.236 e. The highest BCUT2D eigenvalue weighted by Crippen LogP contribution is 2.17. The van der Waals surface area contributed by atoms with E-state index in [1.165, 1.54) is 11.3 Å². The first kappa shape index (κ1) is 13.2. The van der Waals surface area contributed by atoms with Gasteiger partial charge >= 0.3 is 0 Å². The van der Waals surface area contributed by atoms with Gasteiger partial charge in [0.05, 0.1) is 6.54 Å². The third-order valence-corrected chi connectivity index (χ3v) is 3.36. The van der Waals surface area contributed by atoms with Crippen LogP contribution in [0.25, 0.3) is 0 Å². The molecule has 0 aromatic carbocycles. The molecule has 0 saturated carbocycles. The monoisotopic (exact) mass is 242 g/mol. The minimum Gasteiger partial charge on any atom is -0.386 e. The Morgan fingerprint density at radius 2 is 2.44 bits per heavy atom. The minimum atomic E-state index is -0.528. The van der Waals surface area contributed by atoms with E-state index in [1.807, 2.05) is 24.4 Å². The molecule has 0 aliphatic carbocycles. The third-order valence-electron chi connectivity index (χ3n) is 2.39. The van der Waals surface area contributed by atoms with Crippen LogP contribution in [0.1, 0.15) is 17.9 Å². The second-order valence-electron chi connectivity index (χ2n) is 3.57. The van der Waals surface area contributed by atoms with Crippen molar-refractivity contribution in [1.29, 1.82) is 0 Å². The summed E-state index contributed by atoms with van der Waals surface area (Å²) in [6, 6.07) is 3.79. The van der Waals surface area contributed by atoms with E-state index in [1.54, 1.807) is 11.9 Å². The number of nitrogens with one attached hydrogen (secondary N) is 1. The Balaban J connectivity index is 2.23. The Bertz CT molecular complexity index is 314. The van der Waals surface area contributed by atoms with Gasteiger partial charge < -0.3 is 15.3 Å². The number of amides is 1. The van der Waals surface area contributed by atoms with E-state index in [0.29, 0.717) is 13.1 Å². The molecule has 1 aromatic heterocycles. The lowest BCUT2D eigenvalue weighted by atomic mass is 10.3. The summed E-state index contributed by atoms with van der Waals surface area (Å²) in [5.41, 5.74) is 0. The Kier molecular flexibility index (Phi) is 5.45. The zero-order valence-corrected chi connectivity index (χ0v) is 10.5. The van der Waals surface area contributed by atoms with Crippen molar-refractivity contribution >= 4 is 17.2 Å². The van der Waals surface area contributed by atoms with Crippen LogP contribution in [0.4, 0.5) is 0 Å². The summed E-state index contributed by atoms with van der Waals surface area (Å²) in [5.74, 6) is 0.0425. The molecule has 1 aromatic rings. The van der Waals surface area contributed by atoms with Gasteiger partial charge in [0.1, 0.15) is 6.10 Å². The summed E-state index contributed by atoms with van der Waals surface area (Å²) in [7, 11) is 1.76. The molecule has 16 heavy (non-hydrogen) atoms. The van der Waals surface area contributed by atoms with Gasteiger partial charge in [0.2, 0.25) is 5.91 Å². The average Bonchev–Trinajstić information content (AvgIpc) is 2.81. The molecule has 0 radical (unpaired) electrons. The number of rotatable bonds is 6. The van der Waals surface area contributed by atoms with Crippen LogP contribution in [-0.4, -0.2) is 42.6 Å². The number of hydrogen-bond acceptors (Lipinski definition) is 4. The summed E-state index contributed by atoms with van der Waals surface area (Å²) < 4.78 is 0. The van der Waals surface area contributed by atoms with Gasteiger partial charge in [0, 0.05) is 25.0 Å². The molecule has 1 atom stereocenters. The molecule has 90 valence electrons. The van der Waals surface area contributed by atoms with Crippen LogP contribution < -0.4 is 5.32 Å². The van der Waals surface area contributed by atoms with Gasteiger partial charge in [-0.25, -0.2) is 0 Å². The van der Waals surface area contributed by atoms with E-state index in [9.17, 15) is 9.90 Å². The molecule has 0 saturated heterocycles. The van der Waals surface area contributed by atoms with E-state index in [4.69, 9.17) is 0 Å². The van der Waals surface area contributed by atoms with Crippen LogP contribution >= 0.6 is 11.3 Å². The molecular formula is C11H18N2O2S. The fourth-order valence-electron chi connectivity index (χ4n) is 1.21. The molecule has 4 nitrogen and oxygen atoms in total. The molecule has 1 heterocycles. The van der Waals surface area contributed by atoms with E-state index in [-0.39, 0.29) is 12.5 Å². The summed E-state index contributed by atoms with van der Waals surface area (Å²) in [4.78, 5) is 14.0. The number of thiophene rings is 1. The first-order valence-corrected chi connectivity index (χ1v) is 6.19. The molecule has 1 rings (SSSR count). The normalized spacial score (nSPS) is 12.4. The third kappa shape index (κ3) is 3.92. The molecule has 0 aliphatic rings. The fraction of sp³-hybridized carbons (Fsp3) is 0.545. The first-order chi connectivity index (χ1) is 7.65. The van der Waals surface area contributed by atoms with Crippen molar-refractivity contribution in [2.24, 2.45) is 0 Å². The highest BCUT2D eigenvalue weighted by molar-refractivity contribution is 7.10. The lowest BCUT2D eigenvalue weighted by Crippen LogP contribution is -2.36. The van der Waals surface area contributed by atoms with Crippen molar-refractivity contribution in [3.8, 4) is 0 Å². The predicted molar refractivity (Wildman–Crippen MR) is 65.5 cm³/mol. The quantitative estimate of drug-likeness (QED) is 0.777. The summed E-state index contributed by atoms with van der Waals surface area (Å²) >= 11 is 1.52. The number of hydrogen-bond donors (Lipinski definition) is 2. The second-order valence-corrected chi connectivity index (χ2v) is 4.55. The fourth-order valence-corrected chi connectivity index (χ4v) is 1.92. The Morgan fingerprint density at radius 1 is 1.69 bits per heavy atom. The van der Waals surface area contributed by atoms with Crippen molar-refractivity contribution in [2.45, 2.75) is 13.0 Å². The molecule has 5 heteroatoms. The van der Waals surface area contributed by atoms with Crippen molar-refractivity contribution in [1.82, 2.24) is 10.2 Å². The number of aliphatic hydroxyl groups excluding tert-OH is 1. The minimum absolute atomic E-state index is 0.0425. The zero-order valence-electron chi connectivity index (χ0n) is 9.64. The van der Waals surface area contributed by atoms with Crippen molar-refractivity contribution < 1.29 is 9.90 Å². The second kappa shape index (κ2) is 6.62. The highest BCUT2D eigenvalue weighted by Gasteiger charge is 2.10. The number of aliphatic hydroxyl groups is 1. The number of likely N-dealkylation sites (N-methyl/N-ethyl adjacent to an activating group) is 1. The molecule has 0 aliphatic heterocycles. The molecule has 1 amide bonds. The SMILES string of the molecule is CCN(C)C(=O)CNCC(O)c1cccs1. The summed E-state index contributed by atoms with van der Waals surface area (Å²) in [6.45, 7) is 3.31. The van der Waals surface area contributed by atoms with Crippen molar-refractivity contribution in [3.63, 3.8) is 0 Å². The van der Waals surface area contributed by atoms with Gasteiger partial charge in [-0.2, -0.15) is 0 Å². The van der Waals surface area contributed by atoms with Gasteiger partial charge in [0.25, 0.3) is 0 Å². The Labute approximate surface area is 99.9 Å². The first-order valence-electron chi connectivity index (χ1n) is 5.31. The molecule has 0 spiro atoms. The van der Waals surface area contributed by atoms with Gasteiger partial charge in [0.15, 0.2) is 0 Å². The molecule has 1 unspecified atom stereocenters. The lowest BCUT2D eigenvalue weighted by molar-refractivity contribution is -0.128. The van der Waals surface area contributed by atoms with Gasteiger partial charge in [-0.3, -0.25) is 4.79 Å². The van der Waals surface area contributed by atoms with Crippen LogP contribution in [0.2, 0.25) is 0 Å². The molecule has 0 fully saturated rings. The van der Waals surface area contributed by atoms with Gasteiger partial charge in [-0.15, -0.1) is 11.3 Å². The maximum Gasteiger partial charge on any atom is 0.236 e. The lowest BCUT2D eigenvalue weighted by Gasteiger charge is -2.15. The topological polar surface area (TPSA) is 52.6 Å². The number of carbonyl (C=O) groups is 1. The maximum atomic E-state index is 11.4. The maximum absolute atomic E-state index is 11.4. The van der Waals surface area contributed by atoms with Crippen molar-refractivity contribution in [3.05, 3.63) is 22.4 Å². The zero-order chi connectivity index (χ0) is 12.0. The highest BCUT2D eigenvalue weighted by atomic mass is 32.1. The largest absolute Gasteiger partial charge is 0.386 e. The average molecular weight is 242 g/mol. The van der Waals surface area contributed by atoms with Crippen LogP contribution in [0.15, 0.2) is 17.5 Å². The number of nitrogens with zero attached hydrogens (tertiary/aromatic N) is 1. The Hall–Kier alpha value is -0.910. The van der Waals surface area contributed by atoms with Crippen LogP contribution in [-0.2, 0) is 4.79 Å². The van der Waals surface area contributed by atoms with E-state index in [0.717, 1.165) is 4.88 Å². The molecule has 0 bridgehead atoms. The summed E-state index contributed by atoms with van der Waals surface area (Å²) in [6.07, 6.45) is -0.528. The molecular weight excluding hydrogens is 224 g/mol. The van der Waals surface area contributed by atoms with E-state index >= 15 is 0 Å². The summed E-state index contributed by atoms with van der Waals surface area (Å²) in [5, 5.41) is 14.6. The van der Waals surface area contributed by atoms with Gasteiger partial charge in [-0.05, 0) is 18.4 Å². The van der Waals surface area contributed by atoms with Gasteiger partial charge in [-0.1, -0.05) is 6.07 Å².